The summed E-state index contributed by atoms with van der Waals surface area (Å²) in [6.45, 7) is 3.11. The van der Waals surface area contributed by atoms with E-state index >= 15 is 0 Å². The lowest BCUT2D eigenvalue weighted by atomic mass is 10.3. The first-order valence-electron chi connectivity index (χ1n) is 3.94. The van der Waals surface area contributed by atoms with E-state index < -0.39 is 13.6 Å². The van der Waals surface area contributed by atoms with E-state index in [1.54, 1.807) is 6.92 Å². The van der Waals surface area contributed by atoms with Crippen LogP contribution in [0.3, 0.4) is 0 Å². The van der Waals surface area contributed by atoms with Gasteiger partial charge in [0.15, 0.2) is 0 Å². The molecule has 5 nitrogen and oxygen atoms in total. The maximum Gasteiger partial charge on any atom is 0.330 e. The van der Waals surface area contributed by atoms with Gasteiger partial charge in [-0.2, -0.15) is 0 Å². The Morgan fingerprint density at radius 2 is 2.00 bits per heavy atom. The number of esters is 1. The van der Waals surface area contributed by atoms with E-state index in [1.165, 1.54) is 27.0 Å². The Kier molecular flexibility index (Phi) is 5.69. The summed E-state index contributed by atoms with van der Waals surface area (Å²) in [4.78, 5) is 10.8. The normalized spacial score (nSPS) is 16.1. The first kappa shape index (κ1) is 13.4. The lowest BCUT2D eigenvalue weighted by Gasteiger charge is -2.10. The Hall–Kier alpha value is -0.640. The highest BCUT2D eigenvalue weighted by molar-refractivity contribution is 7.52. The van der Waals surface area contributed by atoms with E-state index in [0.29, 0.717) is 5.57 Å². The summed E-state index contributed by atoms with van der Waals surface area (Å²) < 4.78 is 25.2. The van der Waals surface area contributed by atoms with Crippen molar-refractivity contribution in [2.24, 2.45) is 0 Å². The SMILES string of the molecule is COC(=O)C=C(C)COP(C)(=O)OC. The molecule has 0 saturated carbocycles. The standard InChI is InChI=1S/C8H15O5P/c1-7(5-8(9)11-2)6-13-14(4,10)12-3/h5H,6H2,1-4H3. The highest BCUT2D eigenvalue weighted by Gasteiger charge is 2.14. The van der Waals surface area contributed by atoms with Crippen molar-refractivity contribution in [3.8, 4) is 0 Å². The van der Waals surface area contributed by atoms with E-state index in [9.17, 15) is 9.36 Å². The van der Waals surface area contributed by atoms with Gasteiger partial charge in [0.25, 0.3) is 0 Å². The van der Waals surface area contributed by atoms with Crippen molar-refractivity contribution in [3.05, 3.63) is 11.6 Å². The van der Waals surface area contributed by atoms with Gasteiger partial charge < -0.3 is 13.8 Å². The minimum atomic E-state index is -2.97. The van der Waals surface area contributed by atoms with Crippen LogP contribution >= 0.6 is 7.60 Å². The van der Waals surface area contributed by atoms with Gasteiger partial charge in [-0.05, 0) is 12.5 Å². The molecule has 0 aromatic heterocycles. The molecule has 0 fully saturated rings. The first-order chi connectivity index (χ1) is 6.41. The number of carbonyl (C=O) groups is 1. The van der Waals surface area contributed by atoms with Crippen molar-refractivity contribution in [3.63, 3.8) is 0 Å². The molecule has 1 unspecified atom stereocenters. The number of methoxy groups -OCH3 is 1. The van der Waals surface area contributed by atoms with Gasteiger partial charge in [0, 0.05) is 19.9 Å². The smallest absolute Gasteiger partial charge is 0.330 e. The monoisotopic (exact) mass is 222 g/mol. The van der Waals surface area contributed by atoms with Gasteiger partial charge in [0.1, 0.15) is 0 Å². The molecule has 0 N–H and O–H groups in total. The molecule has 0 radical (unpaired) electrons. The van der Waals surface area contributed by atoms with Crippen LogP contribution in [0, 0.1) is 0 Å². The van der Waals surface area contributed by atoms with E-state index in [0.717, 1.165) is 0 Å². The summed E-state index contributed by atoms with van der Waals surface area (Å²) in [5.41, 5.74) is 0.621. The highest BCUT2D eigenvalue weighted by atomic mass is 31.2. The number of hydrogen-bond acceptors (Lipinski definition) is 5. The second-order valence-corrected chi connectivity index (χ2v) is 4.91. The molecule has 0 aliphatic heterocycles. The number of hydrogen-bond donors (Lipinski definition) is 0. The lowest BCUT2D eigenvalue weighted by Crippen LogP contribution is -2.00. The molecule has 0 heterocycles. The average Bonchev–Trinajstić information content (AvgIpc) is 2.15. The van der Waals surface area contributed by atoms with Crippen molar-refractivity contribution >= 4 is 13.6 Å². The maximum atomic E-state index is 11.3. The molecule has 0 rings (SSSR count). The fourth-order valence-electron chi connectivity index (χ4n) is 0.574. The second kappa shape index (κ2) is 5.96. The summed E-state index contributed by atoms with van der Waals surface area (Å²) in [5.74, 6) is -0.463. The minimum Gasteiger partial charge on any atom is -0.466 e. The molecule has 82 valence electrons. The van der Waals surface area contributed by atoms with Gasteiger partial charge in [0.05, 0.1) is 13.7 Å². The third-order valence-corrected chi connectivity index (χ3v) is 2.69. The van der Waals surface area contributed by atoms with Crippen LogP contribution in [0.2, 0.25) is 0 Å². The predicted octanol–water partition coefficient (Wildman–Crippen LogP) is 1.59. The molecule has 0 amide bonds. The molecule has 0 saturated heterocycles. The van der Waals surface area contributed by atoms with Gasteiger partial charge in [-0.15, -0.1) is 0 Å². The van der Waals surface area contributed by atoms with Gasteiger partial charge in [0.2, 0.25) is 0 Å². The molecular formula is C8H15O5P. The third-order valence-electron chi connectivity index (χ3n) is 1.42. The average molecular weight is 222 g/mol. The molecular weight excluding hydrogens is 207 g/mol. The molecule has 14 heavy (non-hydrogen) atoms. The van der Waals surface area contributed by atoms with Gasteiger partial charge in [-0.25, -0.2) is 4.79 Å². The van der Waals surface area contributed by atoms with Crippen LogP contribution in [0.15, 0.2) is 11.6 Å². The molecule has 6 heteroatoms. The number of ether oxygens (including phenoxy) is 1. The van der Waals surface area contributed by atoms with Gasteiger partial charge in [-0.3, -0.25) is 4.57 Å². The first-order valence-corrected chi connectivity index (χ1v) is 5.93. The van der Waals surface area contributed by atoms with Crippen LogP contribution < -0.4 is 0 Å². The molecule has 0 aromatic carbocycles. The Balaban J connectivity index is 4.09. The van der Waals surface area contributed by atoms with E-state index in [-0.39, 0.29) is 6.61 Å². The molecule has 0 aliphatic rings. The van der Waals surface area contributed by atoms with Crippen LogP contribution in [-0.4, -0.2) is 33.5 Å². The molecule has 0 spiro atoms. The quantitative estimate of drug-likeness (QED) is 0.401. The van der Waals surface area contributed by atoms with Gasteiger partial charge in [-0.1, -0.05) is 0 Å². The van der Waals surface area contributed by atoms with Crippen LogP contribution in [0.4, 0.5) is 0 Å². The van der Waals surface area contributed by atoms with Crippen molar-refractivity contribution in [1.82, 2.24) is 0 Å². The Bertz CT molecular complexity index is 271. The lowest BCUT2D eigenvalue weighted by molar-refractivity contribution is -0.134. The molecule has 1 atom stereocenters. The summed E-state index contributed by atoms with van der Waals surface area (Å²) in [6, 6.07) is 0. The summed E-state index contributed by atoms with van der Waals surface area (Å²) >= 11 is 0. The Labute approximate surface area is 83.6 Å². The van der Waals surface area contributed by atoms with Crippen molar-refractivity contribution in [2.75, 3.05) is 27.5 Å². The fourth-order valence-corrected chi connectivity index (χ4v) is 1.12. The Morgan fingerprint density at radius 1 is 1.43 bits per heavy atom. The van der Waals surface area contributed by atoms with Crippen LogP contribution in [-0.2, 0) is 23.1 Å². The zero-order valence-corrected chi connectivity index (χ0v) is 9.67. The molecule has 0 aromatic rings. The minimum absolute atomic E-state index is 0.0801. The van der Waals surface area contributed by atoms with Crippen LogP contribution in [0.1, 0.15) is 6.92 Å². The van der Waals surface area contributed by atoms with E-state index in [4.69, 9.17) is 4.52 Å². The zero-order valence-electron chi connectivity index (χ0n) is 8.77. The number of rotatable bonds is 5. The summed E-state index contributed by atoms with van der Waals surface area (Å²) in [6.07, 6.45) is 1.27. The zero-order chi connectivity index (χ0) is 11.2. The second-order valence-electron chi connectivity index (χ2n) is 2.74. The van der Waals surface area contributed by atoms with Gasteiger partial charge >= 0.3 is 13.6 Å². The predicted molar refractivity (Wildman–Crippen MR) is 52.3 cm³/mol. The maximum absolute atomic E-state index is 11.3. The Morgan fingerprint density at radius 3 is 2.43 bits per heavy atom. The van der Waals surface area contributed by atoms with Crippen LogP contribution in [0.5, 0.6) is 0 Å². The largest absolute Gasteiger partial charge is 0.466 e. The third kappa shape index (κ3) is 5.91. The highest BCUT2D eigenvalue weighted by Crippen LogP contribution is 2.42. The van der Waals surface area contributed by atoms with Crippen molar-refractivity contribution in [1.29, 1.82) is 0 Å². The number of carbonyl (C=O) groups excluding carboxylic acids is 1. The fraction of sp³-hybridized carbons (Fsp3) is 0.625. The molecule has 0 bridgehead atoms. The van der Waals surface area contributed by atoms with E-state index in [1.807, 2.05) is 0 Å². The summed E-state index contributed by atoms with van der Waals surface area (Å²) in [5, 5.41) is 0. The summed E-state index contributed by atoms with van der Waals surface area (Å²) in [7, 11) is -0.382. The molecule has 0 aliphatic carbocycles. The van der Waals surface area contributed by atoms with Crippen LogP contribution in [0.25, 0.3) is 0 Å². The van der Waals surface area contributed by atoms with Crippen molar-refractivity contribution in [2.45, 2.75) is 6.92 Å². The van der Waals surface area contributed by atoms with Crippen molar-refractivity contribution < 1.29 is 23.1 Å². The van der Waals surface area contributed by atoms with E-state index in [2.05, 4.69) is 9.26 Å². The topological polar surface area (TPSA) is 61.8 Å².